The highest BCUT2D eigenvalue weighted by Gasteiger charge is 2.26. The van der Waals surface area contributed by atoms with Crippen molar-refractivity contribution < 1.29 is 0 Å². The molecule has 0 N–H and O–H groups in total. The van der Waals surface area contributed by atoms with E-state index in [0.29, 0.717) is 0 Å². The molecule has 3 heteroatoms. The number of rotatable bonds is 3. The molecule has 3 nitrogen and oxygen atoms in total. The van der Waals surface area contributed by atoms with Gasteiger partial charge in [0, 0.05) is 50.2 Å². The molecule has 0 fully saturated rings. The molecule has 3 aromatic heterocycles. The summed E-state index contributed by atoms with van der Waals surface area (Å²) in [6, 6.07) is 50.1. The minimum absolute atomic E-state index is 0.764. The zero-order valence-corrected chi connectivity index (χ0v) is 23.8. The summed E-state index contributed by atoms with van der Waals surface area (Å²) in [5.74, 6) is 0.764. The fourth-order valence-electron chi connectivity index (χ4n) is 7.36. The molecule has 9 aromatic rings. The maximum atomic E-state index is 5.21. The van der Waals surface area contributed by atoms with Crippen molar-refractivity contribution in [1.82, 2.24) is 14.4 Å². The lowest BCUT2D eigenvalue weighted by Crippen LogP contribution is -1.99. The summed E-state index contributed by atoms with van der Waals surface area (Å²) in [5.41, 5.74) is 14.1. The van der Waals surface area contributed by atoms with Gasteiger partial charge < -0.3 is 4.40 Å². The minimum Gasteiger partial charge on any atom is -0.308 e. The number of aromatic nitrogens is 3. The van der Waals surface area contributed by atoms with E-state index in [1.54, 1.807) is 0 Å². The second kappa shape index (κ2) is 8.85. The molecule has 0 atom stereocenters. The van der Waals surface area contributed by atoms with Gasteiger partial charge in [0.15, 0.2) is 5.82 Å². The van der Waals surface area contributed by atoms with Crippen LogP contribution in [0.2, 0.25) is 0 Å². The molecule has 6 aromatic carbocycles. The van der Waals surface area contributed by atoms with Crippen molar-refractivity contribution in [3.63, 3.8) is 0 Å². The van der Waals surface area contributed by atoms with Gasteiger partial charge in [0.1, 0.15) is 0 Å². The van der Waals surface area contributed by atoms with E-state index in [-0.39, 0.29) is 0 Å². The molecule has 10 rings (SSSR count). The Hall–Kier alpha value is -5.80. The van der Waals surface area contributed by atoms with E-state index < -0.39 is 0 Å². The van der Waals surface area contributed by atoms with Crippen LogP contribution in [0.3, 0.4) is 0 Å². The molecule has 44 heavy (non-hydrogen) atoms. The van der Waals surface area contributed by atoms with Gasteiger partial charge in [0.05, 0.1) is 27.9 Å². The summed E-state index contributed by atoms with van der Waals surface area (Å²) in [6.45, 7) is 0. The van der Waals surface area contributed by atoms with Crippen LogP contribution >= 0.6 is 0 Å². The lowest BCUT2D eigenvalue weighted by atomic mass is 9.98. The first-order valence-corrected chi connectivity index (χ1v) is 15.1. The fraction of sp³-hybridized carbons (Fsp3) is 0.0244. The highest BCUT2D eigenvalue weighted by Crippen LogP contribution is 2.44. The third-order valence-corrected chi connectivity index (χ3v) is 9.38. The van der Waals surface area contributed by atoms with Crippen molar-refractivity contribution in [1.29, 1.82) is 0 Å². The molecule has 0 bridgehead atoms. The molecule has 0 saturated heterocycles. The average Bonchev–Trinajstić information content (AvgIpc) is 3.75. The molecule has 204 valence electrons. The van der Waals surface area contributed by atoms with Crippen LogP contribution in [0.15, 0.2) is 140 Å². The normalized spacial score (nSPS) is 12.5. The summed E-state index contributed by atoms with van der Waals surface area (Å²) in [5, 5.41) is 5.21. The van der Waals surface area contributed by atoms with Gasteiger partial charge >= 0.3 is 0 Å². The van der Waals surface area contributed by atoms with Crippen LogP contribution in [0.25, 0.3) is 83.1 Å². The summed E-state index contributed by atoms with van der Waals surface area (Å²) >= 11 is 0. The van der Waals surface area contributed by atoms with Crippen LogP contribution < -0.4 is 0 Å². The Morgan fingerprint density at radius 3 is 1.91 bits per heavy atom. The smallest absolute Gasteiger partial charge is 0.160 e. The number of fused-ring (bicyclic) bond motifs is 9. The predicted molar refractivity (Wildman–Crippen MR) is 181 cm³/mol. The zero-order chi connectivity index (χ0) is 28.8. The Morgan fingerprint density at radius 1 is 0.455 bits per heavy atom. The van der Waals surface area contributed by atoms with Crippen LogP contribution in [0.1, 0.15) is 11.1 Å². The van der Waals surface area contributed by atoms with Crippen molar-refractivity contribution in [2.75, 3.05) is 0 Å². The molecule has 0 unspecified atom stereocenters. The Balaban J connectivity index is 1.18. The topological polar surface area (TPSA) is 30.2 Å². The summed E-state index contributed by atoms with van der Waals surface area (Å²) in [7, 11) is 0. The van der Waals surface area contributed by atoms with Gasteiger partial charge in [0.25, 0.3) is 0 Å². The van der Waals surface area contributed by atoms with E-state index in [0.717, 1.165) is 34.8 Å². The lowest BCUT2D eigenvalue weighted by molar-refractivity contribution is 1.13. The number of hydrogen-bond donors (Lipinski definition) is 0. The number of hydrogen-bond acceptors (Lipinski definition) is 2. The van der Waals surface area contributed by atoms with Crippen LogP contribution in [-0.2, 0) is 6.42 Å². The highest BCUT2D eigenvalue weighted by atomic mass is 14.9. The highest BCUT2D eigenvalue weighted by molar-refractivity contribution is 6.23. The second-order valence-corrected chi connectivity index (χ2v) is 11.8. The van der Waals surface area contributed by atoms with Crippen molar-refractivity contribution in [2.24, 2.45) is 0 Å². The molecular formula is C41H25N3. The van der Waals surface area contributed by atoms with Gasteiger partial charge in [-0.2, -0.15) is 0 Å². The average molecular weight is 560 g/mol. The van der Waals surface area contributed by atoms with Crippen molar-refractivity contribution in [3.05, 3.63) is 151 Å². The number of benzene rings is 6. The molecule has 0 amide bonds. The van der Waals surface area contributed by atoms with E-state index >= 15 is 0 Å². The Kier molecular flexibility index (Phi) is 4.77. The minimum atomic E-state index is 0.764. The molecular weight excluding hydrogens is 534 g/mol. The zero-order valence-electron chi connectivity index (χ0n) is 23.8. The van der Waals surface area contributed by atoms with Crippen LogP contribution in [-0.4, -0.2) is 14.4 Å². The van der Waals surface area contributed by atoms with Gasteiger partial charge in [-0.3, -0.25) is 0 Å². The van der Waals surface area contributed by atoms with Crippen molar-refractivity contribution in [2.45, 2.75) is 6.42 Å². The first kappa shape index (κ1) is 23.7. The van der Waals surface area contributed by atoms with Crippen LogP contribution in [0.5, 0.6) is 0 Å². The Bertz CT molecular complexity index is 2560. The first-order valence-electron chi connectivity index (χ1n) is 15.1. The summed E-state index contributed by atoms with van der Waals surface area (Å²) in [6.07, 6.45) is 0.830. The molecule has 1 aliphatic rings. The monoisotopic (exact) mass is 559 g/mol. The fourth-order valence-corrected chi connectivity index (χ4v) is 7.36. The van der Waals surface area contributed by atoms with Gasteiger partial charge in [-0.15, -0.1) is 0 Å². The van der Waals surface area contributed by atoms with E-state index in [1.807, 2.05) is 18.2 Å². The maximum Gasteiger partial charge on any atom is 0.160 e. The largest absolute Gasteiger partial charge is 0.308 e. The van der Waals surface area contributed by atoms with E-state index in [9.17, 15) is 0 Å². The predicted octanol–water partition coefficient (Wildman–Crippen LogP) is 10.2. The van der Waals surface area contributed by atoms with Gasteiger partial charge in [-0.05, 0) is 34.9 Å². The molecule has 0 aliphatic heterocycles. The quantitative estimate of drug-likeness (QED) is 0.216. The number of para-hydroxylation sites is 2. The molecule has 0 spiro atoms. The number of nitrogens with zero attached hydrogens (tertiary/aromatic N) is 3. The summed E-state index contributed by atoms with van der Waals surface area (Å²) < 4.78 is 2.45. The summed E-state index contributed by atoms with van der Waals surface area (Å²) in [4.78, 5) is 10.3. The molecule has 0 radical (unpaired) electrons. The van der Waals surface area contributed by atoms with E-state index in [4.69, 9.17) is 9.97 Å². The van der Waals surface area contributed by atoms with Crippen molar-refractivity contribution in [3.8, 4) is 45.0 Å². The SMILES string of the molecule is c1ccc(-c2nc(-c3ccccc3)c3c(n2)-c2cc(-c4ccc5c6cccc7c8ccccc8n(c5c4)c76)ccc2C3)cc1. The Labute approximate surface area is 254 Å². The molecule has 3 heterocycles. The standard InChI is InChI=1S/C41H25N3/c1-3-10-25(11-4-1)38-35-23-29-19-18-27(22-34(29)39(35)43-41(42-38)26-12-5-2-6-13-26)28-20-21-31-33-16-9-15-32-30-14-7-8-17-36(30)44(40(32)33)37(31)24-28/h1-22,24H,23H2. The maximum absolute atomic E-state index is 5.21. The van der Waals surface area contributed by atoms with Crippen LogP contribution in [0.4, 0.5) is 0 Å². The third-order valence-electron chi connectivity index (χ3n) is 9.38. The van der Waals surface area contributed by atoms with Crippen molar-refractivity contribution >= 4 is 38.1 Å². The lowest BCUT2D eigenvalue weighted by Gasteiger charge is -2.11. The van der Waals surface area contributed by atoms with Gasteiger partial charge in [-0.1, -0.05) is 121 Å². The second-order valence-electron chi connectivity index (χ2n) is 11.8. The van der Waals surface area contributed by atoms with E-state index in [1.165, 1.54) is 65.9 Å². The molecule has 0 saturated carbocycles. The van der Waals surface area contributed by atoms with Gasteiger partial charge in [-0.25, -0.2) is 9.97 Å². The first-order chi connectivity index (χ1) is 21.8. The Morgan fingerprint density at radius 2 is 1.09 bits per heavy atom. The van der Waals surface area contributed by atoms with Crippen LogP contribution in [0, 0.1) is 0 Å². The third kappa shape index (κ3) is 3.27. The van der Waals surface area contributed by atoms with Gasteiger partial charge in [0.2, 0.25) is 0 Å². The van der Waals surface area contributed by atoms with E-state index in [2.05, 4.69) is 126 Å². The molecule has 1 aliphatic carbocycles.